The van der Waals surface area contributed by atoms with Crippen LogP contribution in [0.4, 0.5) is 0 Å². The van der Waals surface area contributed by atoms with Crippen LogP contribution >= 0.6 is 11.6 Å². The van der Waals surface area contributed by atoms with Gasteiger partial charge >= 0.3 is 0 Å². The number of nitrogens with two attached hydrogens (primary N) is 1. The molecule has 0 radical (unpaired) electrons. The first-order valence-corrected chi connectivity index (χ1v) is 9.30. The molecule has 1 heterocycles. The van der Waals surface area contributed by atoms with Crippen LogP contribution in [0.1, 0.15) is 11.4 Å². The Morgan fingerprint density at radius 1 is 0.793 bits per heavy atom. The van der Waals surface area contributed by atoms with Crippen molar-refractivity contribution < 1.29 is 5.11 Å². The molecule has 142 valence electrons. The predicted molar refractivity (Wildman–Crippen MR) is 116 cm³/mol. The number of benzene rings is 3. The van der Waals surface area contributed by atoms with Crippen LogP contribution in [0.25, 0.3) is 22.5 Å². The number of halogens is 1. The Labute approximate surface area is 173 Å². The lowest BCUT2D eigenvalue weighted by atomic mass is 10.1. The molecule has 0 saturated heterocycles. The SMILES string of the molecule is NN=C(c1ccc(O)cc1)c1nc(-c2ccccc2)cc(-c2ccc(Cl)cc2)n1. The van der Waals surface area contributed by atoms with E-state index in [9.17, 15) is 5.11 Å². The fourth-order valence-electron chi connectivity index (χ4n) is 2.96. The van der Waals surface area contributed by atoms with Gasteiger partial charge in [-0.3, -0.25) is 0 Å². The van der Waals surface area contributed by atoms with Crippen molar-refractivity contribution in [3.05, 3.63) is 101 Å². The maximum absolute atomic E-state index is 9.58. The average Bonchev–Trinajstić information content (AvgIpc) is 2.76. The molecule has 4 rings (SSSR count). The molecular formula is C23H17ClN4O. The zero-order valence-corrected chi connectivity index (χ0v) is 16.1. The molecule has 0 saturated carbocycles. The molecule has 0 atom stereocenters. The first kappa shape index (κ1) is 18.7. The van der Waals surface area contributed by atoms with E-state index in [4.69, 9.17) is 27.4 Å². The molecule has 0 unspecified atom stereocenters. The van der Waals surface area contributed by atoms with Gasteiger partial charge in [0.25, 0.3) is 0 Å². The van der Waals surface area contributed by atoms with E-state index in [1.165, 1.54) is 0 Å². The van der Waals surface area contributed by atoms with Crippen molar-refractivity contribution in [2.24, 2.45) is 10.9 Å². The standard InChI is InChI=1S/C23H17ClN4O/c24-18-10-6-16(7-11-18)21-14-20(15-4-2-1-3-5-15)26-23(27-21)22(28-25)17-8-12-19(29)13-9-17/h1-14,29H,25H2. The summed E-state index contributed by atoms with van der Waals surface area (Å²) in [6.45, 7) is 0. The van der Waals surface area contributed by atoms with E-state index >= 15 is 0 Å². The van der Waals surface area contributed by atoms with Gasteiger partial charge in [0, 0.05) is 21.7 Å². The quantitative estimate of drug-likeness (QED) is 0.290. The second-order valence-corrected chi connectivity index (χ2v) is 6.80. The third-order valence-electron chi connectivity index (χ3n) is 4.42. The van der Waals surface area contributed by atoms with Gasteiger partial charge in [-0.25, -0.2) is 9.97 Å². The highest BCUT2D eigenvalue weighted by Gasteiger charge is 2.15. The zero-order valence-electron chi connectivity index (χ0n) is 15.3. The van der Waals surface area contributed by atoms with Crippen LogP contribution in [0, 0.1) is 0 Å². The average molecular weight is 401 g/mol. The van der Waals surface area contributed by atoms with Crippen LogP contribution in [0.5, 0.6) is 5.75 Å². The van der Waals surface area contributed by atoms with Gasteiger partial charge in [0.2, 0.25) is 0 Å². The largest absolute Gasteiger partial charge is 0.508 e. The summed E-state index contributed by atoms with van der Waals surface area (Å²) in [5.74, 6) is 6.25. The molecule has 6 heteroatoms. The monoisotopic (exact) mass is 400 g/mol. The zero-order chi connectivity index (χ0) is 20.2. The first-order chi connectivity index (χ1) is 14.1. The molecule has 0 aliphatic heterocycles. The maximum atomic E-state index is 9.58. The molecule has 0 aliphatic rings. The summed E-state index contributed by atoms with van der Waals surface area (Å²) in [6, 6.07) is 25.8. The Hall–Kier alpha value is -3.70. The second kappa shape index (κ2) is 8.12. The molecule has 29 heavy (non-hydrogen) atoms. The fourth-order valence-corrected chi connectivity index (χ4v) is 3.09. The number of aromatic nitrogens is 2. The molecule has 1 aromatic heterocycles. The lowest BCUT2D eigenvalue weighted by Gasteiger charge is -2.11. The highest BCUT2D eigenvalue weighted by molar-refractivity contribution is 6.30. The minimum atomic E-state index is 0.158. The van der Waals surface area contributed by atoms with Crippen molar-refractivity contribution in [3.63, 3.8) is 0 Å². The van der Waals surface area contributed by atoms with Gasteiger partial charge in [0.05, 0.1) is 11.4 Å². The Morgan fingerprint density at radius 3 is 1.97 bits per heavy atom. The number of phenols is 1. The van der Waals surface area contributed by atoms with Crippen LogP contribution in [-0.4, -0.2) is 20.8 Å². The lowest BCUT2D eigenvalue weighted by Crippen LogP contribution is -2.12. The van der Waals surface area contributed by atoms with Crippen LogP contribution in [0.2, 0.25) is 5.02 Å². The first-order valence-electron chi connectivity index (χ1n) is 8.92. The summed E-state index contributed by atoms with van der Waals surface area (Å²) in [4.78, 5) is 9.41. The molecule has 0 amide bonds. The van der Waals surface area contributed by atoms with Gasteiger partial charge in [0.15, 0.2) is 5.82 Å². The van der Waals surface area contributed by atoms with E-state index in [0.717, 1.165) is 22.5 Å². The molecule has 0 aliphatic carbocycles. The third kappa shape index (κ3) is 4.10. The van der Waals surface area contributed by atoms with Crippen molar-refractivity contribution in [2.75, 3.05) is 0 Å². The van der Waals surface area contributed by atoms with E-state index in [2.05, 4.69) is 5.10 Å². The molecule has 0 spiro atoms. The van der Waals surface area contributed by atoms with E-state index < -0.39 is 0 Å². The van der Waals surface area contributed by atoms with Crippen molar-refractivity contribution in [2.45, 2.75) is 0 Å². The second-order valence-electron chi connectivity index (χ2n) is 6.36. The minimum Gasteiger partial charge on any atom is -0.508 e. The van der Waals surface area contributed by atoms with Crippen molar-refractivity contribution in [1.29, 1.82) is 0 Å². The summed E-state index contributed by atoms with van der Waals surface area (Å²) < 4.78 is 0. The highest BCUT2D eigenvalue weighted by Crippen LogP contribution is 2.26. The summed E-state index contributed by atoms with van der Waals surface area (Å²) in [5, 5.41) is 14.2. The summed E-state index contributed by atoms with van der Waals surface area (Å²) in [6.07, 6.45) is 0. The molecule has 4 aromatic rings. The molecular weight excluding hydrogens is 384 g/mol. The summed E-state index contributed by atoms with van der Waals surface area (Å²) in [7, 11) is 0. The summed E-state index contributed by atoms with van der Waals surface area (Å²) in [5.41, 5.74) is 4.47. The molecule has 3 aromatic carbocycles. The van der Waals surface area contributed by atoms with E-state index in [1.54, 1.807) is 24.3 Å². The smallest absolute Gasteiger partial charge is 0.181 e. The topological polar surface area (TPSA) is 84.4 Å². The van der Waals surface area contributed by atoms with Gasteiger partial charge in [-0.1, -0.05) is 54.1 Å². The highest BCUT2D eigenvalue weighted by atomic mass is 35.5. The number of hydrogen-bond acceptors (Lipinski definition) is 5. The number of hydrazone groups is 1. The minimum absolute atomic E-state index is 0.158. The number of hydrogen-bond donors (Lipinski definition) is 2. The lowest BCUT2D eigenvalue weighted by molar-refractivity contribution is 0.475. The van der Waals surface area contributed by atoms with Gasteiger partial charge in [-0.15, -0.1) is 0 Å². The number of aromatic hydroxyl groups is 1. The number of rotatable bonds is 4. The van der Waals surface area contributed by atoms with Crippen molar-refractivity contribution in [1.82, 2.24) is 9.97 Å². The maximum Gasteiger partial charge on any atom is 0.181 e. The molecule has 0 bridgehead atoms. The van der Waals surface area contributed by atoms with Crippen LogP contribution in [0.3, 0.4) is 0 Å². The van der Waals surface area contributed by atoms with Gasteiger partial charge in [-0.05, 0) is 42.5 Å². The van der Waals surface area contributed by atoms with Crippen LogP contribution in [0.15, 0.2) is 90.0 Å². The number of nitrogens with zero attached hydrogens (tertiary/aromatic N) is 3. The Balaban J connectivity index is 1.89. The predicted octanol–water partition coefficient (Wildman–Crippen LogP) is 4.88. The van der Waals surface area contributed by atoms with Crippen LogP contribution < -0.4 is 5.84 Å². The van der Waals surface area contributed by atoms with Gasteiger partial charge in [0.1, 0.15) is 11.5 Å². The van der Waals surface area contributed by atoms with Crippen molar-refractivity contribution in [3.8, 4) is 28.3 Å². The van der Waals surface area contributed by atoms with E-state index in [-0.39, 0.29) is 5.75 Å². The van der Waals surface area contributed by atoms with E-state index in [1.807, 2.05) is 60.7 Å². The normalized spacial score (nSPS) is 11.4. The molecule has 0 fully saturated rings. The van der Waals surface area contributed by atoms with E-state index in [0.29, 0.717) is 22.1 Å². The number of phenolic OH excluding ortho intramolecular Hbond substituents is 1. The van der Waals surface area contributed by atoms with Gasteiger partial charge < -0.3 is 10.9 Å². The molecule has 5 nitrogen and oxygen atoms in total. The molecule has 3 N–H and O–H groups in total. The summed E-state index contributed by atoms with van der Waals surface area (Å²) >= 11 is 6.03. The van der Waals surface area contributed by atoms with Crippen LogP contribution in [-0.2, 0) is 0 Å². The van der Waals surface area contributed by atoms with Gasteiger partial charge in [-0.2, -0.15) is 5.10 Å². The Bertz CT molecular complexity index is 1160. The Morgan fingerprint density at radius 2 is 1.38 bits per heavy atom. The third-order valence-corrected chi connectivity index (χ3v) is 4.67. The Kier molecular flexibility index (Phi) is 5.22. The van der Waals surface area contributed by atoms with Crippen molar-refractivity contribution >= 4 is 17.3 Å². The fraction of sp³-hybridized carbons (Fsp3) is 0.